The van der Waals surface area contributed by atoms with Crippen LogP contribution in [0.5, 0.6) is 0 Å². The van der Waals surface area contributed by atoms with Gasteiger partial charge in [0.05, 0.1) is 0 Å². The van der Waals surface area contributed by atoms with E-state index in [1.165, 1.54) is 24.8 Å². The maximum Gasteiger partial charge on any atom is 0.191 e. The molecule has 2 aromatic heterocycles. The van der Waals surface area contributed by atoms with Crippen LogP contribution in [0.4, 0.5) is 0 Å². The number of nitrogens with one attached hydrogen (secondary N) is 2. The summed E-state index contributed by atoms with van der Waals surface area (Å²) in [6.07, 6.45) is 5.69. The molecule has 0 spiro atoms. The number of nitrogens with zero attached hydrogens (tertiary/aromatic N) is 4. The summed E-state index contributed by atoms with van der Waals surface area (Å²) in [7, 11) is 0. The maximum atomic E-state index is 4.75. The fourth-order valence-corrected chi connectivity index (χ4v) is 4.04. The van der Waals surface area contributed by atoms with Crippen molar-refractivity contribution >= 4 is 17.3 Å². The highest BCUT2D eigenvalue weighted by molar-refractivity contribution is 7.07. The normalized spacial score (nSPS) is 16.0. The van der Waals surface area contributed by atoms with Gasteiger partial charge in [-0.2, -0.15) is 11.3 Å². The minimum atomic E-state index is 0.434. The molecule has 0 saturated carbocycles. The van der Waals surface area contributed by atoms with Crippen molar-refractivity contribution in [3.8, 4) is 0 Å². The van der Waals surface area contributed by atoms with Gasteiger partial charge in [0.2, 0.25) is 0 Å². The Labute approximate surface area is 160 Å². The highest BCUT2D eigenvalue weighted by atomic mass is 32.1. The van der Waals surface area contributed by atoms with Crippen LogP contribution in [0.15, 0.2) is 21.8 Å². The molecule has 1 aliphatic rings. The molecule has 0 saturated heterocycles. The summed E-state index contributed by atoms with van der Waals surface area (Å²) in [6.45, 7) is 7.84. The van der Waals surface area contributed by atoms with Crippen LogP contribution in [0.2, 0.25) is 0 Å². The molecule has 1 aliphatic heterocycles. The topological polar surface area (TPSA) is 67.1 Å². The molecule has 26 heavy (non-hydrogen) atoms. The number of hydrogen-bond acceptors (Lipinski definition) is 4. The van der Waals surface area contributed by atoms with Gasteiger partial charge in [-0.3, -0.25) is 4.99 Å². The third kappa shape index (κ3) is 5.06. The molecule has 2 N–H and O–H groups in total. The Hall–Kier alpha value is -1.89. The number of thiophene rings is 1. The van der Waals surface area contributed by atoms with Gasteiger partial charge < -0.3 is 15.2 Å². The lowest BCUT2D eigenvalue weighted by atomic mass is 10.1. The first-order valence-electron chi connectivity index (χ1n) is 9.73. The summed E-state index contributed by atoms with van der Waals surface area (Å²) in [5, 5.41) is 19.9. The van der Waals surface area contributed by atoms with Gasteiger partial charge in [0.1, 0.15) is 11.6 Å². The second-order valence-electron chi connectivity index (χ2n) is 6.85. The van der Waals surface area contributed by atoms with E-state index in [1.807, 2.05) is 0 Å². The van der Waals surface area contributed by atoms with Gasteiger partial charge in [-0.15, -0.1) is 10.2 Å². The van der Waals surface area contributed by atoms with Crippen molar-refractivity contribution in [3.63, 3.8) is 0 Å². The van der Waals surface area contributed by atoms with Crippen LogP contribution < -0.4 is 10.6 Å². The first-order chi connectivity index (χ1) is 12.8. The molecule has 3 rings (SSSR count). The molecule has 6 nitrogen and oxygen atoms in total. The van der Waals surface area contributed by atoms with Crippen LogP contribution in [0, 0.1) is 0 Å². The molecule has 3 heterocycles. The Morgan fingerprint density at radius 2 is 2.23 bits per heavy atom. The zero-order chi connectivity index (χ0) is 18.2. The van der Waals surface area contributed by atoms with Crippen molar-refractivity contribution in [1.82, 2.24) is 25.4 Å². The average molecular weight is 375 g/mol. The van der Waals surface area contributed by atoms with Crippen LogP contribution in [-0.2, 0) is 19.4 Å². The zero-order valence-electron chi connectivity index (χ0n) is 15.9. The van der Waals surface area contributed by atoms with Crippen LogP contribution >= 0.6 is 11.3 Å². The molecule has 0 amide bonds. The van der Waals surface area contributed by atoms with E-state index in [1.54, 1.807) is 11.3 Å². The summed E-state index contributed by atoms with van der Waals surface area (Å²) < 4.78 is 2.32. The van der Waals surface area contributed by atoms with E-state index in [0.29, 0.717) is 5.92 Å². The highest BCUT2D eigenvalue weighted by Crippen LogP contribution is 2.18. The smallest absolute Gasteiger partial charge is 0.191 e. The maximum absolute atomic E-state index is 4.75. The van der Waals surface area contributed by atoms with Crippen molar-refractivity contribution < 1.29 is 0 Å². The minimum Gasteiger partial charge on any atom is -0.357 e. The fraction of sp³-hybridized carbons (Fsp3) is 0.632. The van der Waals surface area contributed by atoms with E-state index < -0.39 is 0 Å². The first-order valence-corrected chi connectivity index (χ1v) is 10.7. The molecule has 0 bridgehead atoms. The van der Waals surface area contributed by atoms with Crippen molar-refractivity contribution in [3.05, 3.63) is 34.0 Å². The first kappa shape index (κ1) is 18.9. The van der Waals surface area contributed by atoms with E-state index in [9.17, 15) is 0 Å². The summed E-state index contributed by atoms with van der Waals surface area (Å²) >= 11 is 1.74. The SMILES string of the molecule is CCNC(=NCC(C)c1ccsc1)NCCc1nnc2n1CCCCC2. The van der Waals surface area contributed by atoms with Crippen molar-refractivity contribution in [2.24, 2.45) is 4.99 Å². The molecular formula is C19H30N6S. The predicted octanol–water partition coefficient (Wildman–Crippen LogP) is 2.97. The largest absolute Gasteiger partial charge is 0.357 e. The van der Waals surface area contributed by atoms with Gasteiger partial charge in [-0.1, -0.05) is 13.3 Å². The Kier molecular flexibility index (Phi) is 7.05. The summed E-state index contributed by atoms with van der Waals surface area (Å²) in [4.78, 5) is 4.75. The molecule has 7 heteroatoms. The van der Waals surface area contributed by atoms with E-state index >= 15 is 0 Å². The zero-order valence-corrected chi connectivity index (χ0v) is 16.7. The Morgan fingerprint density at radius 3 is 3.04 bits per heavy atom. The highest BCUT2D eigenvalue weighted by Gasteiger charge is 2.14. The third-order valence-corrected chi connectivity index (χ3v) is 5.51. The Bertz CT molecular complexity index is 691. The Morgan fingerprint density at radius 1 is 1.31 bits per heavy atom. The lowest BCUT2D eigenvalue weighted by Crippen LogP contribution is -2.38. The fourth-order valence-electron chi connectivity index (χ4n) is 3.25. The molecule has 1 atom stereocenters. The molecule has 142 valence electrons. The second kappa shape index (κ2) is 9.71. The van der Waals surface area contributed by atoms with Gasteiger partial charge >= 0.3 is 0 Å². The number of aryl methyl sites for hydroxylation is 1. The molecule has 0 fully saturated rings. The van der Waals surface area contributed by atoms with Crippen LogP contribution in [0.3, 0.4) is 0 Å². The van der Waals surface area contributed by atoms with Gasteiger partial charge in [-0.25, -0.2) is 0 Å². The lowest BCUT2D eigenvalue weighted by molar-refractivity contribution is 0.600. The Balaban J connectivity index is 1.52. The number of guanidine groups is 1. The van der Waals surface area contributed by atoms with E-state index in [-0.39, 0.29) is 0 Å². The molecule has 0 aliphatic carbocycles. The van der Waals surface area contributed by atoms with E-state index in [2.05, 4.69) is 56.1 Å². The molecule has 2 aromatic rings. The van der Waals surface area contributed by atoms with Gasteiger partial charge in [0, 0.05) is 44.9 Å². The molecule has 1 unspecified atom stereocenters. The van der Waals surface area contributed by atoms with Crippen LogP contribution in [0.25, 0.3) is 0 Å². The predicted molar refractivity (Wildman–Crippen MR) is 108 cm³/mol. The standard InChI is InChI=1S/C19H30N6S/c1-3-20-19(22-13-15(2)16-9-12-26-14-16)21-10-8-18-24-23-17-7-5-4-6-11-25(17)18/h9,12,14-15H,3-8,10-11,13H2,1-2H3,(H2,20,21,22). The summed E-state index contributed by atoms with van der Waals surface area (Å²) in [5.74, 6) is 3.56. The van der Waals surface area contributed by atoms with Gasteiger partial charge in [0.15, 0.2) is 5.96 Å². The lowest BCUT2D eigenvalue weighted by Gasteiger charge is -2.13. The third-order valence-electron chi connectivity index (χ3n) is 4.81. The van der Waals surface area contributed by atoms with Crippen molar-refractivity contribution in [1.29, 1.82) is 0 Å². The number of aromatic nitrogens is 3. The van der Waals surface area contributed by atoms with E-state index in [0.717, 1.165) is 56.6 Å². The van der Waals surface area contributed by atoms with Gasteiger partial charge in [-0.05, 0) is 42.2 Å². The van der Waals surface area contributed by atoms with Crippen molar-refractivity contribution in [2.75, 3.05) is 19.6 Å². The van der Waals surface area contributed by atoms with Crippen LogP contribution in [-0.4, -0.2) is 40.4 Å². The molecular weight excluding hydrogens is 344 g/mol. The van der Waals surface area contributed by atoms with Crippen LogP contribution in [0.1, 0.15) is 56.2 Å². The minimum absolute atomic E-state index is 0.434. The summed E-state index contributed by atoms with van der Waals surface area (Å²) in [5.41, 5.74) is 1.36. The second-order valence-corrected chi connectivity index (χ2v) is 7.63. The number of hydrogen-bond donors (Lipinski definition) is 2. The monoisotopic (exact) mass is 374 g/mol. The molecule has 0 radical (unpaired) electrons. The average Bonchev–Trinajstić information content (AvgIpc) is 3.25. The number of aliphatic imine (C=N–C) groups is 1. The summed E-state index contributed by atoms with van der Waals surface area (Å²) in [6, 6.07) is 2.18. The van der Waals surface area contributed by atoms with Gasteiger partial charge in [0.25, 0.3) is 0 Å². The quantitative estimate of drug-likeness (QED) is 0.578. The number of rotatable bonds is 7. The molecule has 0 aromatic carbocycles. The van der Waals surface area contributed by atoms with Crippen molar-refractivity contribution in [2.45, 2.75) is 58.4 Å². The van der Waals surface area contributed by atoms with E-state index in [4.69, 9.17) is 4.99 Å². The number of fused-ring (bicyclic) bond motifs is 1.